The molecule has 0 radical (unpaired) electrons. The average Bonchev–Trinajstić information content (AvgIpc) is 2.92. The van der Waals surface area contributed by atoms with Gasteiger partial charge in [0, 0.05) is 38.1 Å². The van der Waals surface area contributed by atoms with Crippen LogP contribution in [0.15, 0.2) is 24.7 Å². The van der Waals surface area contributed by atoms with Crippen molar-refractivity contribution in [2.45, 2.75) is 45.8 Å². The minimum atomic E-state index is 0.124. The number of hydrogen-bond acceptors (Lipinski definition) is 3. The fourth-order valence-corrected chi connectivity index (χ4v) is 1.82. The number of nitrogens with one attached hydrogen (secondary N) is 1. The quantitative estimate of drug-likeness (QED) is 0.892. The van der Waals surface area contributed by atoms with Crippen molar-refractivity contribution in [3.63, 3.8) is 0 Å². The molecule has 0 aromatic carbocycles. The lowest BCUT2D eigenvalue weighted by atomic mass is 10.1. The lowest BCUT2D eigenvalue weighted by Gasteiger charge is -2.19. The van der Waals surface area contributed by atoms with Crippen LogP contribution in [0.5, 0.6) is 0 Å². The summed E-state index contributed by atoms with van der Waals surface area (Å²) in [6.45, 7) is 8.18. The van der Waals surface area contributed by atoms with E-state index in [1.165, 1.54) is 5.56 Å². The van der Waals surface area contributed by atoms with Gasteiger partial charge >= 0.3 is 0 Å². The Hall–Kier alpha value is -1.62. The molecule has 19 heavy (non-hydrogen) atoms. The first-order valence-electron chi connectivity index (χ1n) is 6.67. The van der Waals surface area contributed by atoms with Gasteiger partial charge in [-0.3, -0.25) is 9.36 Å². The highest BCUT2D eigenvalue weighted by atomic mass is 15.3. The van der Waals surface area contributed by atoms with Crippen molar-refractivity contribution in [3.8, 4) is 0 Å². The predicted molar refractivity (Wildman–Crippen MR) is 75.7 cm³/mol. The van der Waals surface area contributed by atoms with Crippen LogP contribution in [0.4, 0.5) is 0 Å². The zero-order valence-electron chi connectivity index (χ0n) is 12.2. The second-order valence-corrected chi connectivity index (χ2v) is 5.95. The Morgan fingerprint density at radius 3 is 2.74 bits per heavy atom. The molecule has 2 aromatic heterocycles. The molecule has 0 fully saturated rings. The Morgan fingerprint density at radius 1 is 1.32 bits per heavy atom. The molecular formula is C14H23N5. The maximum atomic E-state index is 4.56. The molecule has 0 aliphatic rings. The van der Waals surface area contributed by atoms with Gasteiger partial charge in [0.15, 0.2) is 0 Å². The Morgan fingerprint density at radius 2 is 2.11 bits per heavy atom. The first-order chi connectivity index (χ1) is 8.92. The van der Waals surface area contributed by atoms with Crippen molar-refractivity contribution in [2.75, 3.05) is 0 Å². The van der Waals surface area contributed by atoms with Gasteiger partial charge < -0.3 is 5.32 Å². The predicted octanol–water partition coefficient (Wildman–Crippen LogP) is 1.75. The fraction of sp³-hybridized carbons (Fsp3) is 0.571. The smallest absolute Gasteiger partial charge is 0.0762 e. The van der Waals surface area contributed by atoms with E-state index in [1.54, 1.807) is 0 Å². The van der Waals surface area contributed by atoms with Gasteiger partial charge in [0.2, 0.25) is 0 Å². The van der Waals surface area contributed by atoms with E-state index in [9.17, 15) is 0 Å². The SMILES string of the molecule is Cn1cc(CCn2ccc(CNC(C)(C)C)n2)cn1. The minimum absolute atomic E-state index is 0.124. The Balaban J connectivity index is 1.84. The Labute approximate surface area is 114 Å². The molecule has 2 heterocycles. The van der Waals surface area contributed by atoms with Crippen molar-refractivity contribution in [1.82, 2.24) is 24.9 Å². The molecular weight excluding hydrogens is 238 g/mol. The van der Waals surface area contributed by atoms with Crippen LogP contribution in [0, 0.1) is 0 Å². The lowest BCUT2D eigenvalue weighted by Crippen LogP contribution is -2.35. The number of aryl methyl sites for hydroxylation is 3. The summed E-state index contributed by atoms with van der Waals surface area (Å²) in [5.41, 5.74) is 2.45. The topological polar surface area (TPSA) is 47.7 Å². The summed E-state index contributed by atoms with van der Waals surface area (Å²) in [7, 11) is 1.94. The second-order valence-electron chi connectivity index (χ2n) is 5.95. The number of hydrogen-bond donors (Lipinski definition) is 1. The van der Waals surface area contributed by atoms with Crippen LogP contribution in [-0.2, 0) is 26.6 Å². The van der Waals surface area contributed by atoms with E-state index >= 15 is 0 Å². The molecule has 104 valence electrons. The minimum Gasteiger partial charge on any atom is -0.306 e. The summed E-state index contributed by atoms with van der Waals surface area (Å²) in [5.74, 6) is 0. The second kappa shape index (κ2) is 5.57. The molecule has 2 rings (SSSR count). The van der Waals surface area contributed by atoms with Crippen LogP contribution in [-0.4, -0.2) is 25.1 Å². The molecule has 5 nitrogen and oxygen atoms in total. The third-order valence-electron chi connectivity index (χ3n) is 2.88. The summed E-state index contributed by atoms with van der Waals surface area (Å²) in [6.07, 6.45) is 6.95. The van der Waals surface area contributed by atoms with Crippen LogP contribution < -0.4 is 5.32 Å². The molecule has 5 heteroatoms. The Kier molecular flexibility index (Phi) is 4.04. The highest BCUT2D eigenvalue weighted by molar-refractivity contribution is 5.04. The number of rotatable bonds is 5. The molecule has 0 spiro atoms. The molecule has 0 saturated heterocycles. The van der Waals surface area contributed by atoms with E-state index in [0.29, 0.717) is 0 Å². The van der Waals surface area contributed by atoms with Gasteiger partial charge in [0.1, 0.15) is 0 Å². The van der Waals surface area contributed by atoms with Gasteiger partial charge in [-0.05, 0) is 38.8 Å². The monoisotopic (exact) mass is 261 g/mol. The van der Waals surface area contributed by atoms with E-state index < -0.39 is 0 Å². The van der Waals surface area contributed by atoms with E-state index in [2.05, 4.69) is 42.4 Å². The van der Waals surface area contributed by atoms with Crippen LogP contribution in [0.3, 0.4) is 0 Å². The molecule has 0 bridgehead atoms. The summed E-state index contributed by atoms with van der Waals surface area (Å²) in [4.78, 5) is 0. The molecule has 0 aliphatic heterocycles. The maximum Gasteiger partial charge on any atom is 0.0762 e. The first-order valence-corrected chi connectivity index (χ1v) is 6.67. The molecule has 0 unspecified atom stereocenters. The van der Waals surface area contributed by atoms with Crippen molar-refractivity contribution >= 4 is 0 Å². The molecule has 0 aliphatic carbocycles. The van der Waals surface area contributed by atoms with Gasteiger partial charge in [-0.2, -0.15) is 10.2 Å². The number of aromatic nitrogens is 4. The van der Waals surface area contributed by atoms with Crippen LogP contribution in [0.25, 0.3) is 0 Å². The third-order valence-corrected chi connectivity index (χ3v) is 2.88. The van der Waals surface area contributed by atoms with Crippen molar-refractivity contribution in [1.29, 1.82) is 0 Å². The summed E-state index contributed by atoms with van der Waals surface area (Å²) in [5, 5.41) is 12.2. The van der Waals surface area contributed by atoms with E-state index in [0.717, 1.165) is 25.2 Å². The van der Waals surface area contributed by atoms with E-state index in [4.69, 9.17) is 0 Å². The van der Waals surface area contributed by atoms with Gasteiger partial charge in [-0.25, -0.2) is 0 Å². The van der Waals surface area contributed by atoms with Gasteiger partial charge in [0.25, 0.3) is 0 Å². The average molecular weight is 261 g/mol. The van der Waals surface area contributed by atoms with Crippen LogP contribution in [0.2, 0.25) is 0 Å². The zero-order chi connectivity index (χ0) is 13.9. The molecule has 0 atom stereocenters. The van der Waals surface area contributed by atoms with Crippen molar-refractivity contribution in [2.24, 2.45) is 7.05 Å². The fourth-order valence-electron chi connectivity index (χ4n) is 1.82. The van der Waals surface area contributed by atoms with Crippen molar-refractivity contribution in [3.05, 3.63) is 35.9 Å². The third kappa shape index (κ3) is 4.52. The summed E-state index contributed by atoms with van der Waals surface area (Å²) >= 11 is 0. The standard InChI is InChI=1S/C14H23N5/c1-14(2,3)15-10-13-6-8-19(17-13)7-5-12-9-16-18(4)11-12/h6,8-9,11,15H,5,7,10H2,1-4H3. The molecule has 2 aromatic rings. The molecule has 0 amide bonds. The van der Waals surface area contributed by atoms with Crippen LogP contribution in [0.1, 0.15) is 32.0 Å². The largest absolute Gasteiger partial charge is 0.306 e. The lowest BCUT2D eigenvalue weighted by molar-refractivity contribution is 0.419. The maximum absolute atomic E-state index is 4.56. The van der Waals surface area contributed by atoms with E-state index in [-0.39, 0.29) is 5.54 Å². The highest BCUT2D eigenvalue weighted by Gasteiger charge is 2.09. The molecule has 1 N–H and O–H groups in total. The summed E-state index contributed by atoms with van der Waals surface area (Å²) in [6, 6.07) is 2.07. The van der Waals surface area contributed by atoms with Gasteiger partial charge in [-0.15, -0.1) is 0 Å². The van der Waals surface area contributed by atoms with Crippen LogP contribution >= 0.6 is 0 Å². The summed E-state index contributed by atoms with van der Waals surface area (Å²) < 4.78 is 3.82. The number of nitrogens with zero attached hydrogens (tertiary/aromatic N) is 4. The first kappa shape index (κ1) is 13.8. The normalized spacial score (nSPS) is 12.0. The van der Waals surface area contributed by atoms with Crippen molar-refractivity contribution < 1.29 is 0 Å². The zero-order valence-corrected chi connectivity index (χ0v) is 12.2. The van der Waals surface area contributed by atoms with E-state index in [1.807, 2.05) is 35.0 Å². The van der Waals surface area contributed by atoms with Gasteiger partial charge in [-0.1, -0.05) is 0 Å². The highest BCUT2D eigenvalue weighted by Crippen LogP contribution is 2.04. The Bertz CT molecular complexity index is 518. The van der Waals surface area contributed by atoms with Gasteiger partial charge in [0.05, 0.1) is 11.9 Å². The molecule has 0 saturated carbocycles.